The van der Waals surface area contributed by atoms with E-state index in [0.29, 0.717) is 46.0 Å². The van der Waals surface area contributed by atoms with Crippen molar-refractivity contribution >= 4 is 35.1 Å². The second kappa shape index (κ2) is 10.5. The number of methoxy groups -OCH3 is 1. The van der Waals surface area contributed by atoms with Crippen molar-refractivity contribution in [3.63, 3.8) is 0 Å². The number of esters is 1. The van der Waals surface area contributed by atoms with Gasteiger partial charge in [0.2, 0.25) is 5.95 Å². The van der Waals surface area contributed by atoms with Crippen LogP contribution in [0.5, 0.6) is 0 Å². The topological polar surface area (TPSA) is 105 Å². The fourth-order valence-electron chi connectivity index (χ4n) is 3.23. The quantitative estimate of drug-likeness (QED) is 0.406. The molecule has 8 nitrogen and oxygen atoms in total. The molecule has 1 aromatic carbocycles. The predicted molar refractivity (Wildman–Crippen MR) is 119 cm³/mol. The van der Waals surface area contributed by atoms with Crippen LogP contribution >= 0.6 is 23.2 Å². The fourth-order valence-corrected chi connectivity index (χ4v) is 3.66. The van der Waals surface area contributed by atoms with E-state index in [2.05, 4.69) is 20.6 Å². The number of allylic oxidation sites excluding steroid dienone is 2. The number of dihydropyridines is 1. The third-order valence-corrected chi connectivity index (χ3v) is 5.45. The number of carbonyl (C=O) groups is 1. The molecule has 0 amide bonds. The van der Waals surface area contributed by atoms with Gasteiger partial charge in [0.1, 0.15) is 0 Å². The lowest BCUT2D eigenvalue weighted by molar-refractivity contribution is -0.136. The second-order valence-corrected chi connectivity index (χ2v) is 7.52. The Balaban J connectivity index is 1.69. The van der Waals surface area contributed by atoms with Crippen molar-refractivity contribution in [2.45, 2.75) is 12.8 Å². The highest BCUT2D eigenvalue weighted by Gasteiger charge is 2.30. The molecule has 31 heavy (non-hydrogen) atoms. The Labute approximate surface area is 189 Å². The lowest BCUT2D eigenvalue weighted by Crippen LogP contribution is -2.28. The molecule has 2 heterocycles. The first kappa shape index (κ1) is 22.9. The van der Waals surface area contributed by atoms with E-state index in [1.165, 1.54) is 19.4 Å². The van der Waals surface area contributed by atoms with Gasteiger partial charge in [-0.05, 0) is 18.6 Å². The van der Waals surface area contributed by atoms with Crippen molar-refractivity contribution in [3.8, 4) is 0 Å². The number of halogens is 2. The number of H-pyrrole nitrogens is 1. The van der Waals surface area contributed by atoms with Crippen molar-refractivity contribution < 1.29 is 14.3 Å². The minimum atomic E-state index is -0.448. The van der Waals surface area contributed by atoms with Gasteiger partial charge >= 0.3 is 5.97 Å². The maximum absolute atomic E-state index is 12.4. The smallest absolute Gasteiger partial charge is 0.336 e. The number of hydrogen-bond acceptors (Lipinski definition) is 7. The third kappa shape index (κ3) is 5.66. The molecule has 1 aliphatic rings. The van der Waals surface area contributed by atoms with Crippen molar-refractivity contribution in [3.05, 3.63) is 79.5 Å². The highest BCUT2D eigenvalue weighted by molar-refractivity contribution is 6.42. The van der Waals surface area contributed by atoms with Gasteiger partial charge in [0.25, 0.3) is 5.56 Å². The largest absolute Gasteiger partial charge is 0.466 e. The molecule has 0 saturated carbocycles. The summed E-state index contributed by atoms with van der Waals surface area (Å²) in [4.78, 5) is 30.3. The first-order valence-electron chi connectivity index (χ1n) is 9.48. The summed E-state index contributed by atoms with van der Waals surface area (Å²) >= 11 is 12.6. The van der Waals surface area contributed by atoms with E-state index in [-0.39, 0.29) is 12.2 Å². The van der Waals surface area contributed by atoms with Crippen LogP contribution in [0.3, 0.4) is 0 Å². The van der Waals surface area contributed by atoms with Gasteiger partial charge in [0.05, 0.1) is 35.9 Å². The number of aromatic nitrogens is 2. The number of hydrogen-bond donors (Lipinski definition) is 3. The lowest BCUT2D eigenvalue weighted by atomic mass is 9.86. The number of benzene rings is 1. The van der Waals surface area contributed by atoms with Crippen LogP contribution in [0.15, 0.2) is 58.3 Å². The molecule has 0 saturated heterocycles. The minimum Gasteiger partial charge on any atom is -0.466 e. The summed E-state index contributed by atoms with van der Waals surface area (Å²) in [5.74, 6) is -0.505. The normalized spacial score (nSPS) is 15.9. The molecule has 0 spiro atoms. The van der Waals surface area contributed by atoms with Crippen LogP contribution in [0.25, 0.3) is 0 Å². The molecule has 0 fully saturated rings. The van der Waals surface area contributed by atoms with Gasteiger partial charge in [-0.1, -0.05) is 41.4 Å². The molecule has 3 N–H and O–H groups in total. The number of aromatic amines is 1. The standard InChI is InChI=1S/C21H22Cl2N4O4/c1-12-18(20(29)30-2)15(14-4-3-5-16(22)19(14)23)10-13(26-12)11-31-9-8-25-21-24-7-6-17(28)27-21/h3-7,10,15,26H,8-9,11H2,1-2H3,(H2,24,25,27,28). The summed E-state index contributed by atoms with van der Waals surface area (Å²) in [5, 5.41) is 6.96. The lowest BCUT2D eigenvalue weighted by Gasteiger charge is -2.27. The molecule has 3 rings (SSSR count). The summed E-state index contributed by atoms with van der Waals surface area (Å²) in [6.07, 6.45) is 3.30. The van der Waals surface area contributed by atoms with E-state index >= 15 is 0 Å². The Morgan fingerprint density at radius 2 is 2.10 bits per heavy atom. The van der Waals surface area contributed by atoms with E-state index in [1.54, 1.807) is 19.1 Å². The molecule has 0 bridgehead atoms. The van der Waals surface area contributed by atoms with Crippen LogP contribution in [0.4, 0.5) is 5.95 Å². The molecular weight excluding hydrogens is 443 g/mol. The number of nitrogens with one attached hydrogen (secondary N) is 3. The van der Waals surface area contributed by atoms with Crippen LogP contribution in [0.2, 0.25) is 10.0 Å². The molecule has 1 aromatic heterocycles. The summed E-state index contributed by atoms with van der Waals surface area (Å²) < 4.78 is 10.7. The van der Waals surface area contributed by atoms with Crippen molar-refractivity contribution in [1.29, 1.82) is 0 Å². The first-order valence-corrected chi connectivity index (χ1v) is 10.2. The van der Waals surface area contributed by atoms with Crippen LogP contribution in [0.1, 0.15) is 18.4 Å². The van der Waals surface area contributed by atoms with E-state index in [0.717, 1.165) is 5.70 Å². The molecule has 164 valence electrons. The molecule has 10 heteroatoms. The zero-order valence-corrected chi connectivity index (χ0v) is 18.5. The summed E-state index contributed by atoms with van der Waals surface area (Å²) in [5.41, 5.74) is 2.35. The zero-order chi connectivity index (χ0) is 22.4. The van der Waals surface area contributed by atoms with E-state index in [9.17, 15) is 9.59 Å². The van der Waals surface area contributed by atoms with Crippen molar-refractivity contribution in [2.75, 3.05) is 32.2 Å². The van der Waals surface area contributed by atoms with Crippen LogP contribution in [0, 0.1) is 0 Å². The van der Waals surface area contributed by atoms with Crippen molar-refractivity contribution in [1.82, 2.24) is 15.3 Å². The highest BCUT2D eigenvalue weighted by Crippen LogP contribution is 2.38. The molecule has 1 unspecified atom stereocenters. The van der Waals surface area contributed by atoms with E-state index < -0.39 is 11.9 Å². The molecular formula is C21H22Cl2N4O4. The fraction of sp³-hybridized carbons (Fsp3) is 0.286. The van der Waals surface area contributed by atoms with Gasteiger partial charge in [0, 0.05) is 36.1 Å². The Hall–Kier alpha value is -2.81. The van der Waals surface area contributed by atoms with Crippen LogP contribution < -0.4 is 16.2 Å². The second-order valence-electron chi connectivity index (χ2n) is 6.73. The Morgan fingerprint density at radius 3 is 2.84 bits per heavy atom. The average Bonchev–Trinajstić information content (AvgIpc) is 2.74. The Morgan fingerprint density at radius 1 is 1.29 bits per heavy atom. The predicted octanol–water partition coefficient (Wildman–Crippen LogP) is 3.22. The number of nitrogens with zero attached hydrogens (tertiary/aromatic N) is 1. The Bertz CT molecular complexity index is 1080. The third-order valence-electron chi connectivity index (χ3n) is 4.62. The van der Waals surface area contributed by atoms with Crippen molar-refractivity contribution in [2.24, 2.45) is 0 Å². The number of anilines is 1. The molecule has 2 aromatic rings. The monoisotopic (exact) mass is 464 g/mol. The number of carbonyl (C=O) groups excluding carboxylic acids is 1. The minimum absolute atomic E-state index is 0.232. The van der Waals surface area contributed by atoms with Gasteiger partial charge in [-0.25, -0.2) is 9.78 Å². The maximum atomic E-state index is 12.4. The van der Waals surface area contributed by atoms with E-state index in [4.69, 9.17) is 32.7 Å². The van der Waals surface area contributed by atoms with Crippen LogP contribution in [-0.2, 0) is 14.3 Å². The summed E-state index contributed by atoms with van der Waals surface area (Å²) in [6.45, 7) is 2.89. The first-order chi connectivity index (χ1) is 14.9. The van der Waals surface area contributed by atoms with Gasteiger partial charge in [-0.15, -0.1) is 0 Å². The highest BCUT2D eigenvalue weighted by atomic mass is 35.5. The van der Waals surface area contributed by atoms with Gasteiger partial charge in [-0.3, -0.25) is 9.78 Å². The average molecular weight is 465 g/mol. The van der Waals surface area contributed by atoms with Crippen LogP contribution in [-0.4, -0.2) is 42.8 Å². The summed E-state index contributed by atoms with van der Waals surface area (Å²) in [6, 6.07) is 6.64. The zero-order valence-electron chi connectivity index (χ0n) is 17.0. The van der Waals surface area contributed by atoms with Gasteiger partial charge < -0.3 is 20.1 Å². The number of ether oxygens (including phenoxy) is 2. The number of rotatable bonds is 8. The molecule has 0 radical (unpaired) electrons. The summed E-state index contributed by atoms with van der Waals surface area (Å²) in [7, 11) is 1.34. The Kier molecular flexibility index (Phi) is 7.73. The molecule has 1 aliphatic heterocycles. The van der Waals surface area contributed by atoms with E-state index in [1.807, 2.05) is 12.1 Å². The van der Waals surface area contributed by atoms with Gasteiger partial charge in [-0.2, -0.15) is 0 Å². The van der Waals surface area contributed by atoms with Gasteiger partial charge in [0.15, 0.2) is 0 Å². The molecule has 1 atom stereocenters. The maximum Gasteiger partial charge on any atom is 0.336 e. The molecule has 0 aliphatic carbocycles. The SMILES string of the molecule is COC(=O)C1=C(C)NC(COCCNc2nccc(=O)[nH]2)=CC1c1cccc(Cl)c1Cl.